The average Bonchev–Trinajstić information content (AvgIpc) is 2.52. The molecule has 1 fully saturated rings. The van der Waals surface area contributed by atoms with Gasteiger partial charge in [-0.1, -0.05) is 11.2 Å². The molecule has 1 heterocycles. The number of hydrogen-bond acceptors (Lipinski definition) is 5. The maximum atomic E-state index is 12.4. The van der Waals surface area contributed by atoms with E-state index in [0.717, 1.165) is 5.75 Å². The molecule has 0 aromatic heterocycles. The van der Waals surface area contributed by atoms with Crippen molar-refractivity contribution in [2.45, 2.75) is 39.5 Å². The van der Waals surface area contributed by atoms with Crippen LogP contribution in [-0.2, 0) is 9.63 Å². The van der Waals surface area contributed by atoms with Crippen LogP contribution in [0, 0.1) is 11.8 Å². The normalized spacial score (nSPS) is 27.5. The molecule has 0 amide bonds. The van der Waals surface area contributed by atoms with E-state index in [-0.39, 0.29) is 17.5 Å². The number of carbonyl (C=O) groups excluding carboxylic acids is 1. The number of allylic oxidation sites excluding steroid dienone is 3. The van der Waals surface area contributed by atoms with Crippen molar-refractivity contribution in [1.29, 1.82) is 0 Å². The topological polar surface area (TPSA) is 58.9 Å². The second-order valence-corrected chi connectivity index (χ2v) is 7.08. The summed E-state index contributed by atoms with van der Waals surface area (Å²) in [4.78, 5) is 17.5. The number of ketones is 1. The van der Waals surface area contributed by atoms with Gasteiger partial charge in [-0.25, -0.2) is 0 Å². The van der Waals surface area contributed by atoms with Gasteiger partial charge >= 0.3 is 0 Å². The molecule has 0 radical (unpaired) electrons. The molecule has 1 aliphatic heterocycles. The lowest BCUT2D eigenvalue weighted by Crippen LogP contribution is -2.30. The van der Waals surface area contributed by atoms with Gasteiger partial charge in [0, 0.05) is 12.8 Å². The Hall–Kier alpha value is -1.23. The highest BCUT2D eigenvalue weighted by Gasteiger charge is 2.34. The fraction of sp³-hybridized carbons (Fsp3) is 0.647. The third kappa shape index (κ3) is 4.38. The number of thioether (sulfide) groups is 1. The number of carbonyl (C=O) groups is 1. The molecule has 5 heteroatoms. The molecule has 0 aromatic rings. The number of rotatable bonds is 5. The molecule has 1 saturated heterocycles. The summed E-state index contributed by atoms with van der Waals surface area (Å²) in [5.41, 5.74) is 0.837. The van der Waals surface area contributed by atoms with Gasteiger partial charge in [0.25, 0.3) is 0 Å². The first-order chi connectivity index (χ1) is 10.6. The van der Waals surface area contributed by atoms with Crippen LogP contribution in [0.1, 0.15) is 39.5 Å². The molecule has 0 bridgehead atoms. The molecule has 0 saturated carbocycles. The van der Waals surface area contributed by atoms with E-state index in [9.17, 15) is 9.90 Å². The van der Waals surface area contributed by atoms with Crippen molar-refractivity contribution in [1.82, 2.24) is 0 Å². The summed E-state index contributed by atoms with van der Waals surface area (Å²) in [6.45, 7) is 4.00. The lowest BCUT2D eigenvalue weighted by Gasteiger charge is -2.32. The number of oxime groups is 1. The molecule has 0 aromatic carbocycles. The first-order valence-corrected chi connectivity index (χ1v) is 9.10. The maximum Gasteiger partial charge on any atom is 0.168 e. The lowest BCUT2D eigenvalue weighted by molar-refractivity contribution is -0.117. The molecule has 1 aliphatic carbocycles. The largest absolute Gasteiger partial charge is 0.511 e. The van der Waals surface area contributed by atoms with Gasteiger partial charge < -0.3 is 9.94 Å². The van der Waals surface area contributed by atoms with Gasteiger partial charge in [0.15, 0.2) is 5.78 Å². The van der Waals surface area contributed by atoms with Gasteiger partial charge in [-0.2, -0.15) is 11.8 Å². The van der Waals surface area contributed by atoms with Crippen LogP contribution < -0.4 is 0 Å². The van der Waals surface area contributed by atoms with Crippen LogP contribution in [0.2, 0.25) is 0 Å². The SMILES string of the molecule is CC=CCON=C(C)C1=C(O)CC(C2CCCSC2)CC1=O. The van der Waals surface area contributed by atoms with Gasteiger partial charge in [-0.15, -0.1) is 0 Å². The van der Waals surface area contributed by atoms with E-state index in [1.54, 1.807) is 6.92 Å². The summed E-state index contributed by atoms with van der Waals surface area (Å²) in [5.74, 6) is 3.35. The average molecular weight is 323 g/mol. The van der Waals surface area contributed by atoms with E-state index in [1.807, 2.05) is 30.8 Å². The van der Waals surface area contributed by atoms with Gasteiger partial charge in [-0.05, 0) is 56.1 Å². The van der Waals surface area contributed by atoms with Gasteiger partial charge in [0.2, 0.25) is 0 Å². The molecule has 122 valence electrons. The molecule has 2 aliphatic rings. The molecule has 1 N–H and O–H groups in total. The van der Waals surface area contributed by atoms with Crippen molar-refractivity contribution < 1.29 is 14.7 Å². The Morgan fingerprint density at radius 2 is 2.27 bits per heavy atom. The summed E-state index contributed by atoms with van der Waals surface area (Å²) in [7, 11) is 0. The number of nitrogens with zero attached hydrogens (tertiary/aromatic N) is 1. The second-order valence-electron chi connectivity index (χ2n) is 5.93. The van der Waals surface area contributed by atoms with Crippen LogP contribution in [0.3, 0.4) is 0 Å². The van der Waals surface area contributed by atoms with Crippen LogP contribution >= 0.6 is 11.8 Å². The highest BCUT2D eigenvalue weighted by Crippen LogP contribution is 2.37. The third-order valence-corrected chi connectivity index (χ3v) is 5.54. The van der Waals surface area contributed by atoms with E-state index in [4.69, 9.17) is 4.84 Å². The zero-order chi connectivity index (χ0) is 15.9. The van der Waals surface area contributed by atoms with E-state index < -0.39 is 0 Å². The zero-order valence-corrected chi connectivity index (χ0v) is 14.2. The number of aliphatic hydroxyl groups excluding tert-OH is 1. The predicted molar refractivity (Wildman–Crippen MR) is 91.3 cm³/mol. The lowest BCUT2D eigenvalue weighted by atomic mass is 9.77. The zero-order valence-electron chi connectivity index (χ0n) is 13.4. The summed E-state index contributed by atoms with van der Waals surface area (Å²) in [6, 6.07) is 0. The molecule has 2 atom stereocenters. The Bertz CT molecular complexity index is 490. The molecular formula is C17H25NO3S. The fourth-order valence-corrected chi connectivity index (χ4v) is 4.40. The van der Waals surface area contributed by atoms with Crippen molar-refractivity contribution in [2.75, 3.05) is 18.1 Å². The van der Waals surface area contributed by atoms with Crippen LogP contribution in [0.25, 0.3) is 0 Å². The number of Topliss-reactive ketones (excluding diaryl/α,β-unsaturated/α-hetero) is 1. The minimum absolute atomic E-state index is 0.000192. The quantitative estimate of drug-likeness (QED) is 0.361. The summed E-state index contributed by atoms with van der Waals surface area (Å²) < 4.78 is 0. The van der Waals surface area contributed by atoms with E-state index in [1.165, 1.54) is 18.6 Å². The van der Waals surface area contributed by atoms with Crippen LogP contribution in [-0.4, -0.2) is 34.7 Å². The van der Waals surface area contributed by atoms with Crippen molar-refractivity contribution in [3.8, 4) is 0 Å². The smallest absolute Gasteiger partial charge is 0.168 e. The van der Waals surface area contributed by atoms with Gasteiger partial charge in [0.05, 0.1) is 11.3 Å². The van der Waals surface area contributed by atoms with Gasteiger partial charge in [0.1, 0.15) is 12.4 Å². The molecule has 2 rings (SSSR count). The van der Waals surface area contributed by atoms with Gasteiger partial charge in [-0.3, -0.25) is 4.79 Å². The van der Waals surface area contributed by atoms with Crippen molar-refractivity contribution in [3.63, 3.8) is 0 Å². The minimum atomic E-state index is 0.000192. The molecule has 4 nitrogen and oxygen atoms in total. The highest BCUT2D eigenvalue weighted by atomic mass is 32.2. The Balaban J connectivity index is 2.03. The molecule has 2 unspecified atom stereocenters. The molecule has 0 spiro atoms. The second kappa shape index (κ2) is 8.42. The first kappa shape index (κ1) is 17.1. The monoisotopic (exact) mass is 323 g/mol. The standard InChI is InChI=1S/C17H25NO3S/c1-3-4-7-21-18-12(2)17-15(19)9-14(10-16(17)20)13-6-5-8-22-11-13/h3-4,13-14,19H,5-11H2,1-2H3. The molecule has 22 heavy (non-hydrogen) atoms. The Morgan fingerprint density at radius 1 is 1.45 bits per heavy atom. The summed E-state index contributed by atoms with van der Waals surface area (Å²) >= 11 is 1.96. The van der Waals surface area contributed by atoms with Crippen molar-refractivity contribution in [3.05, 3.63) is 23.5 Å². The van der Waals surface area contributed by atoms with Crippen molar-refractivity contribution in [2.24, 2.45) is 17.0 Å². The summed E-state index contributed by atoms with van der Waals surface area (Å²) in [6.07, 6.45) is 7.22. The first-order valence-electron chi connectivity index (χ1n) is 7.94. The van der Waals surface area contributed by atoms with E-state index in [2.05, 4.69) is 5.16 Å². The Morgan fingerprint density at radius 3 is 2.91 bits per heavy atom. The predicted octanol–water partition coefficient (Wildman–Crippen LogP) is 3.89. The summed E-state index contributed by atoms with van der Waals surface area (Å²) in [5, 5.41) is 14.3. The number of hydrogen-bond donors (Lipinski definition) is 1. The Kier molecular flexibility index (Phi) is 6.55. The van der Waals surface area contributed by atoms with E-state index in [0.29, 0.717) is 36.7 Å². The highest BCUT2D eigenvalue weighted by molar-refractivity contribution is 7.99. The Labute approximate surface area is 136 Å². The number of aliphatic hydroxyl groups is 1. The van der Waals surface area contributed by atoms with Crippen LogP contribution in [0.4, 0.5) is 0 Å². The van der Waals surface area contributed by atoms with Crippen LogP contribution in [0.5, 0.6) is 0 Å². The third-order valence-electron chi connectivity index (χ3n) is 4.30. The van der Waals surface area contributed by atoms with E-state index >= 15 is 0 Å². The maximum absolute atomic E-state index is 12.4. The van der Waals surface area contributed by atoms with Crippen molar-refractivity contribution >= 4 is 23.3 Å². The van der Waals surface area contributed by atoms with Crippen LogP contribution in [0.15, 0.2) is 28.6 Å². The minimum Gasteiger partial charge on any atom is -0.511 e. The molecular weight excluding hydrogens is 298 g/mol. The fourth-order valence-electron chi connectivity index (χ4n) is 3.12.